The summed E-state index contributed by atoms with van der Waals surface area (Å²) in [6.45, 7) is 4.41. The highest BCUT2D eigenvalue weighted by Crippen LogP contribution is 2.34. The summed E-state index contributed by atoms with van der Waals surface area (Å²) in [5, 5.41) is 2.78. The van der Waals surface area contributed by atoms with E-state index in [4.69, 9.17) is 0 Å². The van der Waals surface area contributed by atoms with Crippen LogP contribution in [0, 0.1) is 12.8 Å². The van der Waals surface area contributed by atoms with Crippen LogP contribution >= 0.6 is 0 Å². The van der Waals surface area contributed by atoms with Gasteiger partial charge in [0.2, 0.25) is 5.91 Å². The van der Waals surface area contributed by atoms with Gasteiger partial charge in [0.25, 0.3) is 15.9 Å². The Morgan fingerprint density at radius 2 is 1.91 bits per heavy atom. The molecule has 0 spiro atoms. The Morgan fingerprint density at radius 1 is 1.17 bits per heavy atom. The summed E-state index contributed by atoms with van der Waals surface area (Å²) in [7, 11) is -3.92. The van der Waals surface area contributed by atoms with Gasteiger partial charge in [-0.15, -0.1) is 0 Å². The second kappa shape index (κ2) is 10.2. The van der Waals surface area contributed by atoms with Gasteiger partial charge in [-0.25, -0.2) is 13.4 Å². The summed E-state index contributed by atoms with van der Waals surface area (Å²) in [4.78, 5) is 43.5. The molecule has 10 heteroatoms. The lowest BCUT2D eigenvalue weighted by atomic mass is 10.0. The Labute approximate surface area is 205 Å². The number of Topliss-reactive ketones (excluding diaryl/α,β-unsaturated/α-hetero) is 1. The number of amides is 2. The van der Waals surface area contributed by atoms with E-state index in [2.05, 4.69) is 10.3 Å². The fourth-order valence-corrected chi connectivity index (χ4v) is 6.31. The maximum atomic E-state index is 13.0. The van der Waals surface area contributed by atoms with Crippen LogP contribution in [0.2, 0.25) is 0 Å². The third-order valence-electron chi connectivity index (χ3n) is 6.67. The molecule has 1 aromatic carbocycles. The van der Waals surface area contributed by atoms with E-state index in [-0.39, 0.29) is 41.5 Å². The number of nitrogens with zero attached hydrogens (tertiary/aromatic N) is 3. The molecule has 186 valence electrons. The molecule has 35 heavy (non-hydrogen) atoms. The zero-order valence-corrected chi connectivity index (χ0v) is 20.7. The number of nitrogens with one attached hydrogen (secondary N) is 1. The van der Waals surface area contributed by atoms with Crippen molar-refractivity contribution in [2.75, 3.05) is 19.6 Å². The quantitative estimate of drug-likeness (QED) is 0.593. The molecule has 3 heterocycles. The number of carbonyl (C=O) groups excluding carboxylic acids is 3. The Balaban J connectivity index is 1.31. The second-order valence-electron chi connectivity index (χ2n) is 9.29. The Morgan fingerprint density at radius 3 is 2.60 bits per heavy atom. The summed E-state index contributed by atoms with van der Waals surface area (Å²) in [6, 6.07) is 10.6. The third kappa shape index (κ3) is 5.28. The van der Waals surface area contributed by atoms with Gasteiger partial charge in [0.15, 0.2) is 10.8 Å². The predicted octanol–water partition coefficient (Wildman–Crippen LogP) is 1.78. The number of aryl methyl sites for hydroxylation is 1. The highest BCUT2D eigenvalue weighted by molar-refractivity contribution is 7.89. The van der Waals surface area contributed by atoms with Gasteiger partial charge in [-0.2, -0.15) is 4.31 Å². The standard InChI is InChI=1S/C25H30N4O5S/c1-17-6-8-19(9-7-17)25(32)27-13-10-18(2)15-23(31)28-14-11-20-24(28)21(30)16-29(20)35(33,34)22-5-3-4-12-26-22/h3-9,12,18,20,24H,10-11,13-16H2,1-2H3,(H,27,32). The maximum absolute atomic E-state index is 13.0. The molecule has 0 aliphatic carbocycles. The molecule has 2 saturated heterocycles. The number of ketones is 1. The molecule has 2 fully saturated rings. The van der Waals surface area contributed by atoms with E-state index < -0.39 is 22.1 Å². The minimum Gasteiger partial charge on any atom is -0.352 e. The molecule has 3 unspecified atom stereocenters. The molecule has 1 N–H and O–H groups in total. The molecular formula is C25H30N4O5S. The van der Waals surface area contributed by atoms with Crippen molar-refractivity contribution in [3.05, 3.63) is 59.8 Å². The summed E-state index contributed by atoms with van der Waals surface area (Å²) in [5.74, 6) is -0.597. The number of benzene rings is 1. The third-order valence-corrected chi connectivity index (χ3v) is 8.46. The number of hydrogen-bond donors (Lipinski definition) is 1. The van der Waals surface area contributed by atoms with Gasteiger partial charge in [0.05, 0.1) is 12.6 Å². The van der Waals surface area contributed by atoms with E-state index in [0.29, 0.717) is 31.5 Å². The normalized spacial score (nSPS) is 21.1. The van der Waals surface area contributed by atoms with Gasteiger partial charge < -0.3 is 10.2 Å². The molecule has 1 aromatic heterocycles. The summed E-state index contributed by atoms with van der Waals surface area (Å²) < 4.78 is 27.3. The number of carbonyl (C=O) groups is 3. The van der Waals surface area contributed by atoms with Gasteiger partial charge >= 0.3 is 0 Å². The van der Waals surface area contributed by atoms with Crippen LogP contribution in [-0.4, -0.2) is 71.9 Å². The lowest BCUT2D eigenvalue weighted by Gasteiger charge is -2.25. The van der Waals surface area contributed by atoms with Crippen LogP contribution in [0.3, 0.4) is 0 Å². The molecule has 2 amide bonds. The lowest BCUT2D eigenvalue weighted by Crippen LogP contribution is -2.44. The summed E-state index contributed by atoms with van der Waals surface area (Å²) in [5.41, 5.74) is 1.67. The van der Waals surface area contributed by atoms with Crippen LogP contribution < -0.4 is 5.32 Å². The van der Waals surface area contributed by atoms with Gasteiger partial charge in [-0.1, -0.05) is 30.7 Å². The largest absolute Gasteiger partial charge is 0.352 e. The van der Waals surface area contributed by atoms with Crippen LogP contribution in [0.1, 0.15) is 42.1 Å². The van der Waals surface area contributed by atoms with E-state index in [1.54, 1.807) is 24.3 Å². The van der Waals surface area contributed by atoms with Crippen molar-refractivity contribution in [1.82, 2.24) is 19.5 Å². The monoisotopic (exact) mass is 498 g/mol. The van der Waals surface area contributed by atoms with Gasteiger partial charge in [-0.3, -0.25) is 14.4 Å². The number of rotatable bonds is 8. The van der Waals surface area contributed by atoms with Crippen molar-refractivity contribution in [1.29, 1.82) is 0 Å². The zero-order chi connectivity index (χ0) is 25.2. The van der Waals surface area contributed by atoms with E-state index in [9.17, 15) is 22.8 Å². The Bertz CT molecular complexity index is 1200. The first-order chi connectivity index (χ1) is 16.7. The van der Waals surface area contributed by atoms with Gasteiger partial charge in [0.1, 0.15) is 6.04 Å². The number of likely N-dealkylation sites (tertiary alicyclic amines) is 1. The van der Waals surface area contributed by atoms with Crippen molar-refractivity contribution in [2.24, 2.45) is 5.92 Å². The van der Waals surface area contributed by atoms with Crippen LogP contribution in [0.5, 0.6) is 0 Å². The molecule has 3 atom stereocenters. The SMILES string of the molecule is Cc1ccc(C(=O)NCCC(C)CC(=O)N2CCC3C2C(=O)CN3S(=O)(=O)c2ccccn2)cc1. The van der Waals surface area contributed by atoms with Crippen molar-refractivity contribution in [3.8, 4) is 0 Å². The number of hydrogen-bond acceptors (Lipinski definition) is 6. The lowest BCUT2D eigenvalue weighted by molar-refractivity contribution is -0.137. The maximum Gasteiger partial charge on any atom is 0.261 e. The van der Waals surface area contributed by atoms with E-state index in [0.717, 1.165) is 5.56 Å². The molecule has 0 saturated carbocycles. The molecule has 4 rings (SSSR count). The molecule has 2 aliphatic rings. The summed E-state index contributed by atoms with van der Waals surface area (Å²) >= 11 is 0. The fourth-order valence-electron chi connectivity index (χ4n) is 4.75. The summed E-state index contributed by atoms with van der Waals surface area (Å²) in [6.07, 6.45) is 2.65. The highest BCUT2D eigenvalue weighted by Gasteiger charge is 2.53. The average Bonchev–Trinajstić information content (AvgIpc) is 3.41. The highest BCUT2D eigenvalue weighted by atomic mass is 32.2. The molecule has 0 bridgehead atoms. The van der Waals surface area contributed by atoms with E-state index >= 15 is 0 Å². The number of pyridine rings is 1. The van der Waals surface area contributed by atoms with Crippen LogP contribution in [0.15, 0.2) is 53.7 Å². The number of aromatic nitrogens is 1. The first-order valence-corrected chi connectivity index (χ1v) is 13.2. The first-order valence-electron chi connectivity index (χ1n) is 11.8. The minimum absolute atomic E-state index is 0.00951. The van der Waals surface area contributed by atoms with Crippen LogP contribution in [0.25, 0.3) is 0 Å². The fraction of sp³-hybridized carbons (Fsp3) is 0.440. The number of fused-ring (bicyclic) bond motifs is 1. The van der Waals surface area contributed by atoms with Crippen molar-refractivity contribution < 1.29 is 22.8 Å². The predicted molar refractivity (Wildman–Crippen MR) is 129 cm³/mol. The first kappa shape index (κ1) is 25.0. The zero-order valence-electron chi connectivity index (χ0n) is 19.9. The van der Waals surface area contributed by atoms with Crippen molar-refractivity contribution in [3.63, 3.8) is 0 Å². The van der Waals surface area contributed by atoms with Gasteiger partial charge in [0, 0.05) is 31.3 Å². The molecule has 2 aromatic rings. The topological polar surface area (TPSA) is 117 Å². The Hall–Kier alpha value is -3.11. The average molecular weight is 499 g/mol. The van der Waals surface area contributed by atoms with Crippen molar-refractivity contribution >= 4 is 27.6 Å². The van der Waals surface area contributed by atoms with Crippen LogP contribution in [-0.2, 0) is 19.6 Å². The van der Waals surface area contributed by atoms with E-state index in [1.807, 2.05) is 26.0 Å². The smallest absolute Gasteiger partial charge is 0.261 e. The van der Waals surface area contributed by atoms with Crippen LogP contribution in [0.4, 0.5) is 0 Å². The van der Waals surface area contributed by atoms with E-state index in [1.165, 1.54) is 21.5 Å². The molecule has 9 nitrogen and oxygen atoms in total. The van der Waals surface area contributed by atoms with Crippen molar-refractivity contribution in [2.45, 2.75) is 50.2 Å². The second-order valence-corrected chi connectivity index (χ2v) is 11.1. The van der Waals surface area contributed by atoms with Gasteiger partial charge in [-0.05, 0) is 49.9 Å². The number of sulfonamides is 1. The molecular weight excluding hydrogens is 468 g/mol. The Kier molecular flexibility index (Phi) is 7.32. The molecule has 2 aliphatic heterocycles. The minimum atomic E-state index is -3.92. The molecule has 0 radical (unpaired) electrons.